The number of hydrogen-bond donors (Lipinski definition) is 0. The Hall–Kier alpha value is -1.59. The summed E-state index contributed by atoms with van der Waals surface area (Å²) in [6.07, 6.45) is 0.116. The van der Waals surface area contributed by atoms with Gasteiger partial charge < -0.3 is 4.74 Å². The van der Waals surface area contributed by atoms with Crippen LogP contribution in [-0.4, -0.2) is 17.6 Å². The first-order valence-corrected chi connectivity index (χ1v) is 4.79. The Balaban J connectivity index is 2.59. The van der Waals surface area contributed by atoms with E-state index < -0.39 is 0 Å². The summed E-state index contributed by atoms with van der Waals surface area (Å²) < 4.78 is 4.74. The number of aromatic nitrogens is 1. The molecule has 74 valence electrons. The molecule has 1 rings (SSSR count). The van der Waals surface area contributed by atoms with Crippen molar-refractivity contribution < 1.29 is 9.53 Å². The van der Waals surface area contributed by atoms with Gasteiger partial charge in [-0.05, 0) is 17.6 Å². The Morgan fingerprint density at radius 2 is 2.64 bits per heavy atom. The fourth-order valence-electron chi connectivity index (χ4n) is 0.822. The van der Waals surface area contributed by atoms with Crippen molar-refractivity contribution in [2.45, 2.75) is 13.3 Å². The Kier molecular flexibility index (Phi) is 3.90. The number of azide groups is 1. The fraction of sp³-hybridized carbons (Fsp3) is 0.429. The number of carbonyl (C=O) groups excluding carboxylic acids is 1. The van der Waals surface area contributed by atoms with E-state index in [4.69, 9.17) is 10.3 Å². The van der Waals surface area contributed by atoms with Crippen LogP contribution < -0.4 is 0 Å². The highest BCUT2D eigenvalue weighted by molar-refractivity contribution is 7.13. The highest BCUT2D eigenvalue weighted by atomic mass is 32.1. The molecule has 0 aliphatic carbocycles. The summed E-state index contributed by atoms with van der Waals surface area (Å²) >= 11 is 1.19. The normalized spacial score (nSPS) is 9.21. The van der Waals surface area contributed by atoms with Gasteiger partial charge in [-0.2, -0.15) is 0 Å². The van der Waals surface area contributed by atoms with Gasteiger partial charge in [-0.15, -0.1) is 11.3 Å². The van der Waals surface area contributed by atoms with Crippen LogP contribution in [0.2, 0.25) is 0 Å². The van der Waals surface area contributed by atoms with Crippen LogP contribution in [-0.2, 0) is 16.0 Å². The number of thiazole rings is 1. The largest absolute Gasteiger partial charge is 0.466 e. The predicted octanol–water partition coefficient (Wildman–Crippen LogP) is 2.19. The zero-order valence-electron chi connectivity index (χ0n) is 7.51. The van der Waals surface area contributed by atoms with Crippen molar-refractivity contribution in [1.82, 2.24) is 4.98 Å². The molecule has 0 radical (unpaired) electrons. The van der Waals surface area contributed by atoms with Crippen molar-refractivity contribution in [1.29, 1.82) is 0 Å². The van der Waals surface area contributed by atoms with Gasteiger partial charge in [-0.25, -0.2) is 4.98 Å². The lowest BCUT2D eigenvalue weighted by Gasteiger charge is -1.97. The van der Waals surface area contributed by atoms with Gasteiger partial charge in [0.15, 0.2) is 5.13 Å². The average molecular weight is 212 g/mol. The van der Waals surface area contributed by atoms with Crippen LogP contribution in [0.3, 0.4) is 0 Å². The highest BCUT2D eigenvalue weighted by Gasteiger charge is 2.07. The monoisotopic (exact) mass is 212 g/mol. The molecule has 0 bridgehead atoms. The molecule has 14 heavy (non-hydrogen) atoms. The Morgan fingerprint density at radius 1 is 1.86 bits per heavy atom. The summed E-state index contributed by atoms with van der Waals surface area (Å²) in [7, 11) is 0. The maximum absolute atomic E-state index is 11.0. The first-order valence-electron chi connectivity index (χ1n) is 3.91. The van der Waals surface area contributed by atoms with Crippen LogP contribution in [0.4, 0.5) is 5.13 Å². The summed E-state index contributed by atoms with van der Waals surface area (Å²) in [6, 6.07) is 0. The molecule has 0 spiro atoms. The van der Waals surface area contributed by atoms with E-state index in [1.165, 1.54) is 11.3 Å². The molecule has 0 atom stereocenters. The van der Waals surface area contributed by atoms with Gasteiger partial charge >= 0.3 is 5.97 Å². The third kappa shape index (κ3) is 3.04. The smallest absolute Gasteiger partial charge is 0.311 e. The number of esters is 1. The van der Waals surface area contributed by atoms with E-state index in [2.05, 4.69) is 15.0 Å². The van der Waals surface area contributed by atoms with Crippen molar-refractivity contribution in [3.05, 3.63) is 21.5 Å². The molecule has 0 aromatic carbocycles. The molecule has 0 aliphatic rings. The van der Waals surface area contributed by atoms with Crippen LogP contribution in [0.1, 0.15) is 12.6 Å². The van der Waals surface area contributed by atoms with Crippen molar-refractivity contribution in [3.8, 4) is 0 Å². The molecule has 1 heterocycles. The van der Waals surface area contributed by atoms with Crippen LogP contribution >= 0.6 is 11.3 Å². The summed E-state index contributed by atoms with van der Waals surface area (Å²) in [4.78, 5) is 17.5. The van der Waals surface area contributed by atoms with Gasteiger partial charge in [-0.3, -0.25) is 4.79 Å². The lowest BCUT2D eigenvalue weighted by Crippen LogP contribution is -2.07. The van der Waals surface area contributed by atoms with Crippen molar-refractivity contribution in [3.63, 3.8) is 0 Å². The summed E-state index contributed by atoms with van der Waals surface area (Å²) in [5.41, 5.74) is 8.69. The van der Waals surface area contributed by atoms with Gasteiger partial charge in [0.2, 0.25) is 0 Å². The SMILES string of the molecule is CCOC(=O)Cc1csc(N=[N+]=[N-])n1. The first-order chi connectivity index (χ1) is 6.76. The number of rotatable bonds is 4. The second-order valence-electron chi connectivity index (χ2n) is 2.29. The minimum absolute atomic E-state index is 0.116. The molecule has 0 N–H and O–H groups in total. The van der Waals surface area contributed by atoms with E-state index in [0.29, 0.717) is 17.4 Å². The van der Waals surface area contributed by atoms with E-state index in [-0.39, 0.29) is 12.4 Å². The molecular weight excluding hydrogens is 204 g/mol. The second kappa shape index (κ2) is 5.21. The van der Waals surface area contributed by atoms with Gasteiger partial charge in [0.05, 0.1) is 18.7 Å². The molecule has 0 fully saturated rings. The molecule has 0 aliphatic heterocycles. The molecule has 7 heteroatoms. The number of ether oxygens (including phenoxy) is 1. The molecule has 0 unspecified atom stereocenters. The van der Waals surface area contributed by atoms with Gasteiger partial charge in [0.1, 0.15) is 0 Å². The Bertz CT molecular complexity index is 370. The van der Waals surface area contributed by atoms with Crippen LogP contribution in [0, 0.1) is 0 Å². The second-order valence-corrected chi connectivity index (χ2v) is 3.13. The van der Waals surface area contributed by atoms with Gasteiger partial charge in [0.25, 0.3) is 0 Å². The summed E-state index contributed by atoms with van der Waals surface area (Å²) in [5.74, 6) is -0.328. The Morgan fingerprint density at radius 3 is 3.29 bits per heavy atom. The fourth-order valence-corrected chi connectivity index (χ4v) is 1.45. The summed E-state index contributed by atoms with van der Waals surface area (Å²) in [5, 5.41) is 5.30. The number of hydrogen-bond acceptors (Lipinski definition) is 5. The number of carbonyl (C=O) groups is 1. The molecule has 0 saturated heterocycles. The molecule has 1 aromatic rings. The minimum Gasteiger partial charge on any atom is -0.466 e. The molecule has 0 amide bonds. The van der Waals surface area contributed by atoms with Crippen LogP contribution in [0.25, 0.3) is 10.4 Å². The topological polar surface area (TPSA) is 88.0 Å². The molecule has 1 aromatic heterocycles. The third-order valence-corrected chi connectivity index (χ3v) is 2.07. The van der Waals surface area contributed by atoms with Crippen LogP contribution in [0.5, 0.6) is 0 Å². The van der Waals surface area contributed by atoms with Crippen LogP contribution in [0.15, 0.2) is 10.5 Å². The predicted molar refractivity (Wildman–Crippen MR) is 51.3 cm³/mol. The summed E-state index contributed by atoms with van der Waals surface area (Å²) in [6.45, 7) is 2.09. The minimum atomic E-state index is -0.328. The maximum Gasteiger partial charge on any atom is 0.311 e. The zero-order chi connectivity index (χ0) is 10.4. The quantitative estimate of drug-likeness (QED) is 0.331. The van der Waals surface area contributed by atoms with E-state index in [0.717, 1.165) is 0 Å². The number of nitrogens with zero attached hydrogens (tertiary/aromatic N) is 4. The van der Waals surface area contributed by atoms with E-state index in [1.807, 2.05) is 0 Å². The third-order valence-electron chi connectivity index (χ3n) is 1.30. The average Bonchev–Trinajstić information content (AvgIpc) is 2.53. The zero-order valence-corrected chi connectivity index (χ0v) is 8.32. The lowest BCUT2D eigenvalue weighted by molar-refractivity contribution is -0.142. The highest BCUT2D eigenvalue weighted by Crippen LogP contribution is 2.19. The van der Waals surface area contributed by atoms with Crippen molar-refractivity contribution in [2.75, 3.05) is 6.61 Å². The lowest BCUT2D eigenvalue weighted by atomic mass is 10.3. The molecule has 6 nitrogen and oxygen atoms in total. The maximum atomic E-state index is 11.0. The Labute approximate surface area is 84.2 Å². The van der Waals surface area contributed by atoms with Crippen molar-refractivity contribution in [2.24, 2.45) is 5.11 Å². The molecular formula is C7H8N4O2S. The van der Waals surface area contributed by atoms with E-state index in [1.54, 1.807) is 12.3 Å². The van der Waals surface area contributed by atoms with Gasteiger partial charge in [0, 0.05) is 10.3 Å². The van der Waals surface area contributed by atoms with E-state index in [9.17, 15) is 4.79 Å². The molecule has 0 saturated carbocycles. The van der Waals surface area contributed by atoms with Crippen molar-refractivity contribution >= 4 is 22.4 Å². The first kappa shape index (κ1) is 10.5. The van der Waals surface area contributed by atoms with Gasteiger partial charge in [-0.1, -0.05) is 0 Å². The van der Waals surface area contributed by atoms with E-state index >= 15 is 0 Å². The standard InChI is InChI=1S/C7H8N4O2S/c1-2-13-6(12)3-5-4-14-7(9-5)10-11-8/h4H,2-3H2,1H3.